The molecule has 0 atom stereocenters. The van der Waals surface area contributed by atoms with Crippen LogP contribution in [-0.2, 0) is 16.0 Å². The molecule has 0 unspecified atom stereocenters. The Morgan fingerprint density at radius 1 is 0.906 bits per heavy atom. The topological polar surface area (TPSA) is 75.6 Å². The van der Waals surface area contributed by atoms with E-state index in [1.165, 1.54) is 5.56 Å². The van der Waals surface area contributed by atoms with Crippen LogP contribution in [-0.4, -0.2) is 59.5 Å². The number of esters is 1. The minimum atomic E-state index is -0.471. The number of benzene rings is 2. The Morgan fingerprint density at radius 3 is 2.38 bits per heavy atom. The van der Waals surface area contributed by atoms with Gasteiger partial charge in [0, 0.05) is 32.6 Å². The summed E-state index contributed by atoms with van der Waals surface area (Å²) in [6.45, 7) is 4.62. The largest absolute Gasteiger partial charge is 0.461 e. The van der Waals surface area contributed by atoms with Crippen molar-refractivity contribution in [2.45, 2.75) is 26.2 Å². The van der Waals surface area contributed by atoms with Gasteiger partial charge in [0.15, 0.2) is 11.5 Å². The van der Waals surface area contributed by atoms with Gasteiger partial charge in [0.05, 0.1) is 17.6 Å². The van der Waals surface area contributed by atoms with Crippen LogP contribution in [0.1, 0.15) is 35.8 Å². The van der Waals surface area contributed by atoms with Crippen LogP contribution < -0.4 is 4.90 Å². The average Bonchev–Trinajstić information content (AvgIpc) is 3.09. The average molecular weight is 433 g/mol. The summed E-state index contributed by atoms with van der Waals surface area (Å²) >= 11 is 0. The van der Waals surface area contributed by atoms with Gasteiger partial charge in [0.1, 0.15) is 0 Å². The Kier molecular flexibility index (Phi) is 6.94. The number of carbonyl (C=O) groups excluding carboxylic acids is 2. The van der Waals surface area contributed by atoms with Crippen LogP contribution in [0.4, 0.5) is 5.82 Å². The van der Waals surface area contributed by atoms with E-state index in [1.807, 2.05) is 59.5 Å². The highest BCUT2D eigenvalue weighted by Gasteiger charge is 2.25. The summed E-state index contributed by atoms with van der Waals surface area (Å²) in [5.74, 6) is 0.215. The maximum Gasteiger partial charge on any atom is 0.360 e. The summed E-state index contributed by atoms with van der Waals surface area (Å²) in [4.78, 5) is 38.7. The lowest BCUT2D eigenvalue weighted by Crippen LogP contribution is -2.36. The van der Waals surface area contributed by atoms with Crippen molar-refractivity contribution < 1.29 is 14.3 Å². The Hall–Kier alpha value is -3.48. The van der Waals surface area contributed by atoms with Gasteiger partial charge in [-0.25, -0.2) is 14.8 Å². The van der Waals surface area contributed by atoms with Crippen LogP contribution in [0.2, 0.25) is 0 Å². The fraction of sp³-hybridized carbons (Fsp3) is 0.360. The van der Waals surface area contributed by atoms with E-state index >= 15 is 0 Å². The molecule has 1 amide bonds. The maximum absolute atomic E-state index is 12.8. The number of amides is 1. The molecule has 1 aliphatic rings. The normalized spacial score (nSPS) is 14.3. The van der Waals surface area contributed by atoms with Crippen molar-refractivity contribution in [3.8, 4) is 0 Å². The summed E-state index contributed by atoms with van der Waals surface area (Å²) in [5.41, 5.74) is 2.79. The smallest absolute Gasteiger partial charge is 0.360 e. The summed E-state index contributed by atoms with van der Waals surface area (Å²) in [5, 5.41) is 0. The van der Waals surface area contributed by atoms with Gasteiger partial charge in [-0.3, -0.25) is 4.79 Å². The lowest BCUT2D eigenvalue weighted by atomic mass is 10.1. The van der Waals surface area contributed by atoms with E-state index in [0.717, 1.165) is 18.4 Å². The molecule has 4 rings (SSSR count). The second-order valence-corrected chi connectivity index (χ2v) is 7.81. The Balaban J connectivity index is 1.49. The Bertz CT molecular complexity index is 1090. The summed E-state index contributed by atoms with van der Waals surface area (Å²) in [6, 6.07) is 17.6. The number of nitrogens with zero attached hydrogens (tertiary/aromatic N) is 4. The van der Waals surface area contributed by atoms with Gasteiger partial charge >= 0.3 is 5.97 Å². The molecule has 0 bridgehead atoms. The number of anilines is 1. The van der Waals surface area contributed by atoms with E-state index in [9.17, 15) is 9.59 Å². The monoisotopic (exact) mass is 432 g/mol. The summed E-state index contributed by atoms with van der Waals surface area (Å²) in [6.07, 6.45) is 2.03. The van der Waals surface area contributed by atoms with Gasteiger partial charge in [-0.1, -0.05) is 42.5 Å². The van der Waals surface area contributed by atoms with Crippen LogP contribution in [0.3, 0.4) is 0 Å². The Morgan fingerprint density at radius 2 is 1.62 bits per heavy atom. The van der Waals surface area contributed by atoms with E-state index < -0.39 is 5.97 Å². The van der Waals surface area contributed by atoms with Crippen molar-refractivity contribution in [2.75, 3.05) is 37.7 Å². The molecule has 1 saturated heterocycles. The number of ether oxygens (including phenoxy) is 1. The maximum atomic E-state index is 12.8. The molecule has 0 spiro atoms. The Labute approximate surface area is 188 Å². The predicted molar refractivity (Wildman–Crippen MR) is 124 cm³/mol. The van der Waals surface area contributed by atoms with Gasteiger partial charge in [-0.05, 0) is 37.5 Å². The molecule has 0 aliphatic carbocycles. The highest BCUT2D eigenvalue weighted by molar-refractivity contribution is 5.95. The number of hydrogen-bond donors (Lipinski definition) is 0. The van der Waals surface area contributed by atoms with Crippen molar-refractivity contribution in [3.63, 3.8) is 0 Å². The molecule has 0 N–H and O–H groups in total. The number of hydrogen-bond acceptors (Lipinski definition) is 6. The van der Waals surface area contributed by atoms with E-state index in [0.29, 0.717) is 43.9 Å². The van der Waals surface area contributed by atoms with Crippen molar-refractivity contribution in [1.82, 2.24) is 14.9 Å². The second kappa shape index (κ2) is 10.2. The quantitative estimate of drug-likeness (QED) is 0.555. The molecule has 7 heteroatoms. The van der Waals surface area contributed by atoms with E-state index in [-0.39, 0.29) is 18.2 Å². The third kappa shape index (κ3) is 5.04. The molecule has 0 radical (unpaired) electrons. The molecule has 2 aromatic carbocycles. The SMILES string of the molecule is CCOC(=O)c1nc2ccccc2nc1N1CCCN(C(=O)CCc2ccccc2)CC1. The zero-order valence-corrected chi connectivity index (χ0v) is 18.4. The van der Waals surface area contributed by atoms with Gasteiger partial charge in [-0.2, -0.15) is 0 Å². The summed E-state index contributed by atoms with van der Waals surface area (Å²) in [7, 11) is 0. The molecular weight excluding hydrogens is 404 g/mol. The fourth-order valence-electron chi connectivity index (χ4n) is 3.98. The third-order valence-corrected chi connectivity index (χ3v) is 5.64. The predicted octanol–water partition coefficient (Wildman–Crippen LogP) is 3.48. The van der Waals surface area contributed by atoms with Crippen molar-refractivity contribution in [1.29, 1.82) is 0 Å². The highest BCUT2D eigenvalue weighted by Crippen LogP contribution is 2.23. The number of fused-ring (bicyclic) bond motifs is 1. The van der Waals surface area contributed by atoms with Crippen LogP contribution >= 0.6 is 0 Å². The van der Waals surface area contributed by atoms with Crippen molar-refractivity contribution >= 4 is 28.7 Å². The van der Waals surface area contributed by atoms with Crippen LogP contribution in [0, 0.1) is 0 Å². The van der Waals surface area contributed by atoms with Gasteiger partial charge in [-0.15, -0.1) is 0 Å². The number of carbonyl (C=O) groups is 2. The first-order valence-electron chi connectivity index (χ1n) is 11.2. The van der Waals surface area contributed by atoms with Crippen molar-refractivity contribution in [3.05, 3.63) is 65.9 Å². The highest BCUT2D eigenvalue weighted by atomic mass is 16.5. The molecule has 0 saturated carbocycles. The molecule has 3 aromatic rings. The second-order valence-electron chi connectivity index (χ2n) is 7.81. The van der Waals surface area contributed by atoms with E-state index in [2.05, 4.69) is 9.88 Å². The standard InChI is InChI=1S/C25H28N4O3/c1-2-32-25(31)23-24(27-21-12-7-6-11-20(21)26-23)29-16-8-15-28(17-18-29)22(30)14-13-19-9-4-3-5-10-19/h3-7,9-12H,2,8,13-18H2,1H3. The molecule has 1 aromatic heterocycles. The van der Waals surface area contributed by atoms with Gasteiger partial charge < -0.3 is 14.5 Å². The van der Waals surface area contributed by atoms with Crippen LogP contribution in [0.15, 0.2) is 54.6 Å². The van der Waals surface area contributed by atoms with Gasteiger partial charge in [0.2, 0.25) is 5.91 Å². The van der Waals surface area contributed by atoms with Crippen LogP contribution in [0.25, 0.3) is 11.0 Å². The zero-order chi connectivity index (χ0) is 22.3. The van der Waals surface area contributed by atoms with Gasteiger partial charge in [0.25, 0.3) is 0 Å². The first kappa shape index (κ1) is 21.7. The number of aryl methyl sites for hydroxylation is 1. The molecule has 166 valence electrons. The molecule has 32 heavy (non-hydrogen) atoms. The lowest BCUT2D eigenvalue weighted by molar-refractivity contribution is -0.130. The molecule has 1 fully saturated rings. The van der Waals surface area contributed by atoms with Crippen LogP contribution in [0.5, 0.6) is 0 Å². The molecular formula is C25H28N4O3. The minimum Gasteiger partial charge on any atom is -0.461 e. The number of rotatable bonds is 6. The molecule has 2 heterocycles. The van der Waals surface area contributed by atoms with E-state index in [1.54, 1.807) is 6.92 Å². The number of para-hydroxylation sites is 2. The lowest BCUT2D eigenvalue weighted by Gasteiger charge is -2.24. The minimum absolute atomic E-state index is 0.158. The summed E-state index contributed by atoms with van der Waals surface area (Å²) < 4.78 is 5.24. The third-order valence-electron chi connectivity index (χ3n) is 5.64. The number of aromatic nitrogens is 2. The zero-order valence-electron chi connectivity index (χ0n) is 18.4. The molecule has 1 aliphatic heterocycles. The fourth-order valence-corrected chi connectivity index (χ4v) is 3.98. The first-order valence-corrected chi connectivity index (χ1v) is 11.2. The molecule has 7 nitrogen and oxygen atoms in total. The van der Waals surface area contributed by atoms with E-state index in [4.69, 9.17) is 9.72 Å². The first-order chi connectivity index (χ1) is 15.7. The van der Waals surface area contributed by atoms with Crippen molar-refractivity contribution in [2.24, 2.45) is 0 Å².